The van der Waals surface area contributed by atoms with Crippen LogP contribution in [-0.4, -0.2) is 63.2 Å². The number of nitrogens with zero attached hydrogens (tertiary/aromatic N) is 5. The van der Waals surface area contributed by atoms with Crippen LogP contribution in [0.2, 0.25) is 0 Å². The van der Waals surface area contributed by atoms with Crippen LogP contribution in [0.4, 0.5) is 13.2 Å². The minimum Gasteiger partial charge on any atom is -0.336 e. The van der Waals surface area contributed by atoms with E-state index in [-0.39, 0.29) is 17.0 Å². The molecule has 0 atom stereocenters. The Hall–Kier alpha value is -2.75. The highest BCUT2D eigenvalue weighted by molar-refractivity contribution is 5.94. The van der Waals surface area contributed by atoms with Crippen LogP contribution in [0.1, 0.15) is 16.1 Å². The molecule has 10 heteroatoms. The number of amides is 1. The van der Waals surface area contributed by atoms with Crippen LogP contribution < -0.4 is 5.56 Å². The van der Waals surface area contributed by atoms with Gasteiger partial charge in [0.2, 0.25) is 0 Å². The van der Waals surface area contributed by atoms with E-state index in [1.165, 1.54) is 10.7 Å². The first kappa shape index (κ1) is 19.0. The molecule has 1 saturated heterocycles. The van der Waals surface area contributed by atoms with Crippen molar-refractivity contribution in [3.05, 3.63) is 58.3 Å². The van der Waals surface area contributed by atoms with Crippen molar-refractivity contribution in [3.8, 4) is 0 Å². The minimum absolute atomic E-state index is 0.136. The summed E-state index contributed by atoms with van der Waals surface area (Å²) in [4.78, 5) is 31.1. The van der Waals surface area contributed by atoms with Gasteiger partial charge in [0.25, 0.3) is 11.5 Å². The third-order valence-electron chi connectivity index (χ3n) is 4.37. The summed E-state index contributed by atoms with van der Waals surface area (Å²) in [5, 5.41) is 4.00. The van der Waals surface area contributed by atoms with Gasteiger partial charge in [-0.2, -0.15) is 18.3 Å². The first-order chi connectivity index (χ1) is 12.8. The largest absolute Gasteiger partial charge is 0.433 e. The van der Waals surface area contributed by atoms with E-state index in [1.54, 1.807) is 17.2 Å². The molecule has 1 aliphatic heterocycles. The van der Waals surface area contributed by atoms with Crippen molar-refractivity contribution in [2.24, 2.45) is 0 Å². The van der Waals surface area contributed by atoms with Gasteiger partial charge in [-0.25, -0.2) is 4.68 Å². The average molecular weight is 381 g/mol. The quantitative estimate of drug-likeness (QED) is 0.794. The Bertz CT molecular complexity index is 843. The highest BCUT2D eigenvalue weighted by Gasteiger charge is 2.32. The molecule has 2 aromatic heterocycles. The van der Waals surface area contributed by atoms with Gasteiger partial charge in [-0.1, -0.05) is 0 Å². The van der Waals surface area contributed by atoms with Gasteiger partial charge in [0.05, 0.1) is 12.1 Å². The molecule has 2 aromatic rings. The molecule has 0 spiro atoms. The monoisotopic (exact) mass is 381 g/mol. The normalized spacial score (nSPS) is 15.7. The number of pyridine rings is 1. The fraction of sp³-hybridized carbons (Fsp3) is 0.412. The molecule has 0 aliphatic carbocycles. The summed E-state index contributed by atoms with van der Waals surface area (Å²) in [7, 11) is 0. The summed E-state index contributed by atoms with van der Waals surface area (Å²) < 4.78 is 39.0. The Morgan fingerprint density at radius 1 is 1.07 bits per heavy atom. The maximum atomic E-state index is 12.5. The number of aromatic nitrogens is 3. The van der Waals surface area contributed by atoms with Crippen molar-refractivity contribution in [2.45, 2.75) is 12.7 Å². The Kier molecular flexibility index (Phi) is 5.54. The fourth-order valence-corrected chi connectivity index (χ4v) is 2.84. The second-order valence-corrected chi connectivity index (χ2v) is 6.15. The van der Waals surface area contributed by atoms with Gasteiger partial charge in [-0.3, -0.25) is 19.5 Å². The summed E-state index contributed by atoms with van der Waals surface area (Å²) in [5.74, 6) is -0.336. The molecule has 3 heterocycles. The first-order valence-corrected chi connectivity index (χ1v) is 8.41. The van der Waals surface area contributed by atoms with Crippen LogP contribution >= 0.6 is 0 Å². The molecule has 1 fully saturated rings. The molecule has 1 aliphatic rings. The number of rotatable bonds is 4. The molecule has 0 unspecified atom stereocenters. The Morgan fingerprint density at radius 3 is 2.41 bits per heavy atom. The fourth-order valence-electron chi connectivity index (χ4n) is 2.84. The third kappa shape index (κ3) is 4.70. The van der Waals surface area contributed by atoms with Gasteiger partial charge in [0.1, 0.15) is 5.69 Å². The summed E-state index contributed by atoms with van der Waals surface area (Å²) in [6, 6.07) is 4.99. The maximum absolute atomic E-state index is 12.5. The van der Waals surface area contributed by atoms with Gasteiger partial charge in [0, 0.05) is 51.2 Å². The van der Waals surface area contributed by atoms with Crippen LogP contribution in [0.15, 0.2) is 41.5 Å². The maximum Gasteiger partial charge on any atom is 0.433 e. The second kappa shape index (κ2) is 7.87. The smallest absolute Gasteiger partial charge is 0.336 e. The first-order valence-electron chi connectivity index (χ1n) is 8.41. The van der Waals surface area contributed by atoms with Crippen LogP contribution in [0, 0.1) is 0 Å². The van der Waals surface area contributed by atoms with E-state index in [2.05, 4.69) is 15.0 Å². The van der Waals surface area contributed by atoms with Crippen LogP contribution in [0.3, 0.4) is 0 Å². The number of halogens is 3. The molecule has 3 rings (SSSR count). The molecule has 7 nitrogen and oxygen atoms in total. The third-order valence-corrected chi connectivity index (χ3v) is 4.37. The molecule has 0 radical (unpaired) electrons. The molecule has 1 amide bonds. The van der Waals surface area contributed by atoms with Crippen LogP contribution in [0.5, 0.6) is 0 Å². The predicted molar refractivity (Wildman–Crippen MR) is 90.1 cm³/mol. The van der Waals surface area contributed by atoms with Gasteiger partial charge in [-0.15, -0.1) is 0 Å². The van der Waals surface area contributed by atoms with Crippen molar-refractivity contribution < 1.29 is 18.0 Å². The topological polar surface area (TPSA) is 71.3 Å². The Balaban J connectivity index is 1.52. The number of alkyl halides is 3. The summed E-state index contributed by atoms with van der Waals surface area (Å²) in [6.45, 7) is 3.22. The molecule has 0 aromatic carbocycles. The van der Waals surface area contributed by atoms with Crippen molar-refractivity contribution in [1.82, 2.24) is 24.6 Å². The minimum atomic E-state index is -4.53. The zero-order valence-electron chi connectivity index (χ0n) is 14.4. The Labute approximate surface area is 153 Å². The van der Waals surface area contributed by atoms with Crippen LogP contribution in [0.25, 0.3) is 0 Å². The van der Waals surface area contributed by atoms with Gasteiger partial charge >= 0.3 is 6.18 Å². The summed E-state index contributed by atoms with van der Waals surface area (Å²) in [5.41, 5.74) is -1.05. The number of carbonyl (C=O) groups is 1. The lowest BCUT2D eigenvalue weighted by atomic mass is 10.2. The van der Waals surface area contributed by atoms with E-state index in [1.807, 2.05) is 0 Å². The molecule has 27 heavy (non-hydrogen) atoms. The number of piperazine rings is 1. The van der Waals surface area contributed by atoms with Crippen LogP contribution in [-0.2, 0) is 12.7 Å². The second-order valence-electron chi connectivity index (χ2n) is 6.15. The standard InChI is InChI=1S/C17H18F3N5O2/c18-17(19,20)14-4-3-13(12-21-14)16(27)24-9-6-23(7-10-24)8-11-25-15(26)2-1-5-22-25/h1-5,12H,6-11H2. The highest BCUT2D eigenvalue weighted by Crippen LogP contribution is 2.27. The number of hydrogen-bond donors (Lipinski definition) is 0. The van der Waals surface area contributed by atoms with Gasteiger partial charge < -0.3 is 4.90 Å². The van der Waals surface area contributed by atoms with Gasteiger partial charge in [0.15, 0.2) is 0 Å². The summed E-state index contributed by atoms with van der Waals surface area (Å²) >= 11 is 0. The molecular formula is C17H18F3N5O2. The highest BCUT2D eigenvalue weighted by atomic mass is 19.4. The van der Waals surface area contributed by atoms with Crippen molar-refractivity contribution in [3.63, 3.8) is 0 Å². The zero-order chi connectivity index (χ0) is 19.4. The lowest BCUT2D eigenvalue weighted by Gasteiger charge is -2.34. The van der Waals surface area contributed by atoms with E-state index in [9.17, 15) is 22.8 Å². The number of carbonyl (C=O) groups excluding carboxylic acids is 1. The predicted octanol–water partition coefficient (Wildman–Crippen LogP) is 1.12. The van der Waals surface area contributed by atoms with Crippen molar-refractivity contribution in [1.29, 1.82) is 0 Å². The molecule has 144 valence electrons. The zero-order valence-corrected chi connectivity index (χ0v) is 14.4. The molecule has 0 N–H and O–H groups in total. The van der Waals surface area contributed by atoms with E-state index in [4.69, 9.17) is 0 Å². The van der Waals surface area contributed by atoms with Crippen molar-refractivity contribution in [2.75, 3.05) is 32.7 Å². The van der Waals surface area contributed by atoms with Crippen molar-refractivity contribution >= 4 is 5.91 Å². The van der Waals surface area contributed by atoms with E-state index in [0.717, 1.165) is 18.3 Å². The Morgan fingerprint density at radius 2 is 1.81 bits per heavy atom. The van der Waals surface area contributed by atoms with E-state index in [0.29, 0.717) is 39.3 Å². The average Bonchev–Trinajstić information content (AvgIpc) is 2.67. The number of hydrogen-bond acceptors (Lipinski definition) is 5. The molecular weight excluding hydrogens is 363 g/mol. The SMILES string of the molecule is O=C(c1ccc(C(F)(F)F)nc1)N1CCN(CCn2ncccc2=O)CC1. The molecule has 0 saturated carbocycles. The lowest BCUT2D eigenvalue weighted by molar-refractivity contribution is -0.141. The molecule has 0 bridgehead atoms. The van der Waals surface area contributed by atoms with E-state index < -0.39 is 11.9 Å². The van der Waals surface area contributed by atoms with Gasteiger partial charge in [-0.05, 0) is 18.2 Å². The van der Waals surface area contributed by atoms with E-state index >= 15 is 0 Å². The lowest BCUT2D eigenvalue weighted by Crippen LogP contribution is -2.49. The summed E-state index contributed by atoms with van der Waals surface area (Å²) in [6.07, 6.45) is -2.01.